The molecule has 1 aliphatic carbocycles. The largest absolute Gasteiger partial charge is 0.0654 e. The van der Waals surface area contributed by atoms with Gasteiger partial charge in [-0.05, 0) is 11.8 Å². The van der Waals surface area contributed by atoms with Crippen molar-refractivity contribution in [3.63, 3.8) is 0 Å². The van der Waals surface area contributed by atoms with Crippen molar-refractivity contribution in [3.8, 4) is 0 Å². The molecule has 1 rings (SSSR count). The van der Waals surface area contributed by atoms with E-state index in [2.05, 4.69) is 13.8 Å². The Morgan fingerprint density at radius 2 is 0.864 bits per heavy atom. The second-order valence-corrected chi connectivity index (χ2v) is 7.92. The minimum Gasteiger partial charge on any atom is -0.0654 e. The van der Waals surface area contributed by atoms with Crippen LogP contribution in [-0.2, 0) is 0 Å². The van der Waals surface area contributed by atoms with Gasteiger partial charge in [-0.1, -0.05) is 129 Å². The van der Waals surface area contributed by atoms with Crippen LogP contribution < -0.4 is 0 Å². The van der Waals surface area contributed by atoms with Gasteiger partial charge in [-0.15, -0.1) is 0 Å². The molecule has 0 unspecified atom stereocenters. The smallest absolute Gasteiger partial charge is 0.0386 e. The average Bonchev–Trinajstić information content (AvgIpc) is 2.55. The van der Waals surface area contributed by atoms with E-state index in [1.807, 2.05) is 0 Å². The third kappa shape index (κ3) is 9.90. The maximum atomic E-state index is 2.31. The fraction of sp³-hybridized carbons (Fsp3) is 1.00. The summed E-state index contributed by atoms with van der Waals surface area (Å²) in [6, 6.07) is 0. The molecule has 0 bridgehead atoms. The lowest BCUT2D eigenvalue weighted by atomic mass is 9.74. The standard InChI is InChI=1S/C22H44/c1-3-5-7-9-11-13-17-21-19-15-16-20-22(21)18-14-12-10-8-6-4-2/h21-22H,3-20H2,1-2H3/t21-,22-/m0/s1. The van der Waals surface area contributed by atoms with Gasteiger partial charge in [0.15, 0.2) is 0 Å². The van der Waals surface area contributed by atoms with Crippen LogP contribution in [0.15, 0.2) is 0 Å². The lowest BCUT2D eigenvalue weighted by Gasteiger charge is -2.32. The van der Waals surface area contributed by atoms with Crippen molar-refractivity contribution in [1.82, 2.24) is 0 Å². The molecule has 0 aromatic rings. The molecule has 0 heterocycles. The van der Waals surface area contributed by atoms with Crippen molar-refractivity contribution < 1.29 is 0 Å². The minimum absolute atomic E-state index is 1.09. The first kappa shape index (κ1) is 20.0. The third-order valence-corrected chi connectivity index (χ3v) is 5.92. The van der Waals surface area contributed by atoms with Gasteiger partial charge in [-0.25, -0.2) is 0 Å². The fourth-order valence-corrected chi connectivity index (χ4v) is 4.42. The van der Waals surface area contributed by atoms with Gasteiger partial charge in [0, 0.05) is 0 Å². The molecule has 132 valence electrons. The van der Waals surface area contributed by atoms with E-state index in [1.165, 1.54) is 89.9 Å². The first-order valence-electron chi connectivity index (χ1n) is 10.9. The molecule has 0 aromatic carbocycles. The molecule has 0 spiro atoms. The fourth-order valence-electron chi connectivity index (χ4n) is 4.42. The topological polar surface area (TPSA) is 0 Å². The van der Waals surface area contributed by atoms with Crippen molar-refractivity contribution in [2.75, 3.05) is 0 Å². The number of hydrogen-bond donors (Lipinski definition) is 0. The monoisotopic (exact) mass is 308 g/mol. The molecule has 0 aromatic heterocycles. The van der Waals surface area contributed by atoms with Crippen LogP contribution in [0.5, 0.6) is 0 Å². The molecule has 1 fully saturated rings. The molecule has 0 nitrogen and oxygen atoms in total. The van der Waals surface area contributed by atoms with Gasteiger partial charge in [-0.2, -0.15) is 0 Å². The molecule has 22 heavy (non-hydrogen) atoms. The molecule has 1 saturated carbocycles. The normalized spacial score (nSPS) is 22.1. The van der Waals surface area contributed by atoms with Crippen molar-refractivity contribution in [3.05, 3.63) is 0 Å². The lowest BCUT2D eigenvalue weighted by molar-refractivity contribution is 0.202. The molecular formula is C22H44. The van der Waals surface area contributed by atoms with Crippen LogP contribution in [0.1, 0.15) is 129 Å². The maximum absolute atomic E-state index is 2.31. The Balaban J connectivity index is 2.06. The molecule has 0 heteroatoms. The average molecular weight is 309 g/mol. The van der Waals surface area contributed by atoms with Crippen molar-refractivity contribution in [2.24, 2.45) is 11.8 Å². The molecular weight excluding hydrogens is 264 g/mol. The van der Waals surface area contributed by atoms with Crippen LogP contribution in [-0.4, -0.2) is 0 Å². The molecule has 0 amide bonds. The predicted molar refractivity (Wildman–Crippen MR) is 101 cm³/mol. The second-order valence-electron chi connectivity index (χ2n) is 7.92. The van der Waals surface area contributed by atoms with E-state index in [9.17, 15) is 0 Å². The SMILES string of the molecule is CCCCCCCC[C@H]1CCCC[C@@H]1CCCCCCCC. The Hall–Kier alpha value is 0. The summed E-state index contributed by atoms with van der Waals surface area (Å²) in [5.41, 5.74) is 0. The molecule has 0 aliphatic heterocycles. The zero-order chi connectivity index (χ0) is 15.9. The van der Waals surface area contributed by atoms with Gasteiger partial charge in [0.1, 0.15) is 0 Å². The molecule has 0 saturated heterocycles. The molecule has 2 atom stereocenters. The summed E-state index contributed by atoms with van der Waals surface area (Å²) in [7, 11) is 0. The zero-order valence-electron chi connectivity index (χ0n) is 15.9. The van der Waals surface area contributed by atoms with Crippen molar-refractivity contribution in [1.29, 1.82) is 0 Å². The van der Waals surface area contributed by atoms with E-state index >= 15 is 0 Å². The Bertz CT molecular complexity index is 196. The summed E-state index contributed by atoms with van der Waals surface area (Å²) in [4.78, 5) is 0. The minimum atomic E-state index is 1.09. The van der Waals surface area contributed by atoms with Crippen molar-refractivity contribution >= 4 is 0 Å². The van der Waals surface area contributed by atoms with Crippen LogP contribution in [0.3, 0.4) is 0 Å². The van der Waals surface area contributed by atoms with Gasteiger partial charge in [0.25, 0.3) is 0 Å². The lowest BCUT2D eigenvalue weighted by Crippen LogP contribution is -2.19. The first-order valence-corrected chi connectivity index (χ1v) is 10.9. The van der Waals surface area contributed by atoms with E-state index < -0.39 is 0 Å². The molecule has 1 aliphatic rings. The van der Waals surface area contributed by atoms with E-state index in [1.54, 1.807) is 25.7 Å². The van der Waals surface area contributed by atoms with E-state index in [0.29, 0.717) is 0 Å². The summed E-state index contributed by atoms with van der Waals surface area (Å²) in [6.07, 6.45) is 26.9. The Morgan fingerprint density at radius 3 is 1.27 bits per heavy atom. The number of rotatable bonds is 14. The highest BCUT2D eigenvalue weighted by Gasteiger charge is 2.23. The van der Waals surface area contributed by atoms with Crippen molar-refractivity contribution in [2.45, 2.75) is 129 Å². The zero-order valence-corrected chi connectivity index (χ0v) is 15.9. The highest BCUT2D eigenvalue weighted by atomic mass is 14.3. The van der Waals surface area contributed by atoms with Gasteiger partial charge in [0.2, 0.25) is 0 Å². The maximum Gasteiger partial charge on any atom is -0.0386 e. The van der Waals surface area contributed by atoms with E-state index in [4.69, 9.17) is 0 Å². The van der Waals surface area contributed by atoms with Gasteiger partial charge < -0.3 is 0 Å². The summed E-state index contributed by atoms with van der Waals surface area (Å²) >= 11 is 0. The van der Waals surface area contributed by atoms with Crippen LogP contribution in [0, 0.1) is 11.8 Å². The van der Waals surface area contributed by atoms with Crippen LogP contribution in [0.25, 0.3) is 0 Å². The Morgan fingerprint density at radius 1 is 0.500 bits per heavy atom. The summed E-state index contributed by atoms with van der Waals surface area (Å²) in [5, 5.41) is 0. The summed E-state index contributed by atoms with van der Waals surface area (Å²) in [5.74, 6) is 2.19. The van der Waals surface area contributed by atoms with Crippen LogP contribution in [0.2, 0.25) is 0 Å². The highest BCUT2D eigenvalue weighted by Crippen LogP contribution is 2.36. The predicted octanol–water partition coefficient (Wildman–Crippen LogP) is 8.29. The van der Waals surface area contributed by atoms with E-state index in [0.717, 1.165) is 11.8 Å². The molecule has 0 N–H and O–H groups in total. The van der Waals surface area contributed by atoms with E-state index in [-0.39, 0.29) is 0 Å². The van der Waals surface area contributed by atoms with Crippen LogP contribution >= 0.6 is 0 Å². The number of unbranched alkanes of at least 4 members (excludes halogenated alkanes) is 10. The third-order valence-electron chi connectivity index (χ3n) is 5.92. The van der Waals surface area contributed by atoms with Gasteiger partial charge in [0.05, 0.1) is 0 Å². The summed E-state index contributed by atoms with van der Waals surface area (Å²) < 4.78 is 0. The molecule has 0 radical (unpaired) electrons. The quantitative estimate of drug-likeness (QED) is 0.283. The Kier molecular flexibility index (Phi) is 13.3. The number of hydrogen-bond acceptors (Lipinski definition) is 0. The van der Waals surface area contributed by atoms with Gasteiger partial charge >= 0.3 is 0 Å². The highest BCUT2D eigenvalue weighted by molar-refractivity contribution is 4.75. The first-order chi connectivity index (χ1) is 10.9. The van der Waals surface area contributed by atoms with Gasteiger partial charge in [-0.3, -0.25) is 0 Å². The Labute approximate surface area is 141 Å². The summed E-state index contributed by atoms with van der Waals surface area (Å²) in [6.45, 7) is 4.63. The second kappa shape index (κ2) is 14.6. The van der Waals surface area contributed by atoms with Crippen LogP contribution in [0.4, 0.5) is 0 Å².